The second kappa shape index (κ2) is 50.2. The van der Waals surface area contributed by atoms with Crippen molar-refractivity contribution in [1.29, 1.82) is 0 Å². The molecule has 1 aliphatic carbocycles. The van der Waals surface area contributed by atoms with E-state index in [1.807, 2.05) is 127 Å². The smallest absolute Gasteiger partial charge is 0.323 e. The maximum atomic E-state index is 15.2. The maximum Gasteiger partial charge on any atom is 0.323 e. The Hall–Kier alpha value is -10.8. The number of carbonyl (C=O) groups excluding carboxylic acids is 4. The van der Waals surface area contributed by atoms with Crippen molar-refractivity contribution in [3.63, 3.8) is 0 Å². The number of hydrogen-bond donors (Lipinski definition) is 8. The summed E-state index contributed by atoms with van der Waals surface area (Å²) in [7, 11) is 0. The lowest BCUT2D eigenvalue weighted by atomic mass is 9.80. The molecule has 8 aromatic rings. The van der Waals surface area contributed by atoms with Crippen LogP contribution in [0, 0.1) is 0 Å². The Morgan fingerprint density at radius 3 is 1.06 bits per heavy atom. The van der Waals surface area contributed by atoms with Crippen LogP contribution in [0.2, 0.25) is 0 Å². The first kappa shape index (κ1) is 95.4. The SMILES string of the molecule is C=CCCCCCCCCCOc1cccc(NC(=O)Nc2cc3c(OCCCCC)c(c2)Cc2cc(NC(=O)Nc4cc(C(C)(C)C)cc(C(C)(C)C)c4)cc(c2OCCCCC)Cc2cc4cc(c2OCCCCC)Cc2cc(cc(c2OCCCCC)C3)NC(=O)Nc2cccc(c2)OCCCCCCCCCCOc2cccc(c2)NC(=O)N4)c1. The normalized spacial score (nSPS) is 13.6. The zero-order valence-electron chi connectivity index (χ0n) is 76.1. The van der Waals surface area contributed by atoms with Gasteiger partial charge in [-0.05, 0) is 177 Å². The number of nitrogens with one attached hydrogen (secondary N) is 8. The summed E-state index contributed by atoms with van der Waals surface area (Å²) in [6, 6.07) is 42.9. The van der Waals surface area contributed by atoms with Crippen LogP contribution in [-0.4, -0.2) is 70.4 Å². The van der Waals surface area contributed by atoms with Crippen molar-refractivity contribution in [2.24, 2.45) is 0 Å². The quantitative estimate of drug-likeness (QED) is 0.0138. The van der Waals surface area contributed by atoms with E-state index in [1.165, 1.54) is 25.7 Å². The van der Waals surface area contributed by atoms with E-state index in [0.717, 1.165) is 210 Å². The summed E-state index contributed by atoms with van der Waals surface area (Å²) in [5.74, 6) is 4.40. The van der Waals surface area contributed by atoms with Gasteiger partial charge in [0.05, 0.1) is 46.2 Å². The molecule has 0 spiro atoms. The van der Waals surface area contributed by atoms with Gasteiger partial charge in [-0.25, -0.2) is 19.2 Å². The van der Waals surface area contributed by atoms with Gasteiger partial charge in [-0.1, -0.05) is 222 Å². The van der Waals surface area contributed by atoms with E-state index >= 15 is 4.79 Å². The van der Waals surface area contributed by atoms with Crippen LogP contribution in [0.15, 0.2) is 152 Å². The summed E-state index contributed by atoms with van der Waals surface area (Å²) < 4.78 is 48.2. The largest absolute Gasteiger partial charge is 0.494 e. The second-order valence-corrected chi connectivity index (χ2v) is 35.5. The van der Waals surface area contributed by atoms with Crippen LogP contribution in [0.5, 0.6) is 40.2 Å². The minimum absolute atomic E-state index is 0.176. The Bertz CT molecular complexity index is 4580. The Balaban J connectivity index is 1.19. The molecule has 0 aromatic heterocycles. The molecule has 124 heavy (non-hydrogen) atoms. The number of anilines is 8. The topological polar surface area (TPSA) is 229 Å². The average molecular weight is 1690 g/mol. The third kappa shape index (κ3) is 31.7. The minimum Gasteiger partial charge on any atom is -0.494 e. The molecule has 14 bridgehead atoms. The van der Waals surface area contributed by atoms with Gasteiger partial charge in [0, 0.05) is 134 Å². The first-order valence-electron chi connectivity index (χ1n) is 46.6. The second-order valence-electron chi connectivity index (χ2n) is 35.5. The van der Waals surface area contributed by atoms with Crippen LogP contribution in [0.25, 0.3) is 0 Å². The lowest BCUT2D eigenvalue weighted by molar-refractivity contribution is 0.261. The molecule has 0 saturated carbocycles. The van der Waals surface area contributed by atoms with Crippen molar-refractivity contribution in [2.45, 2.75) is 286 Å². The molecule has 8 aromatic carbocycles. The summed E-state index contributed by atoms with van der Waals surface area (Å²) >= 11 is 0. The molecule has 1 aliphatic heterocycles. The van der Waals surface area contributed by atoms with E-state index in [0.29, 0.717) is 132 Å². The molecular formula is C105H142N8O11. The fourth-order valence-corrected chi connectivity index (χ4v) is 15.9. The van der Waals surface area contributed by atoms with Gasteiger partial charge >= 0.3 is 24.1 Å². The predicted molar refractivity (Wildman–Crippen MR) is 511 cm³/mol. The third-order valence-electron chi connectivity index (χ3n) is 22.6. The number of fused-ring (bicyclic) bond motifs is 12. The van der Waals surface area contributed by atoms with E-state index in [-0.39, 0.29) is 36.5 Å². The Labute approximate surface area is 740 Å². The summed E-state index contributed by atoms with van der Waals surface area (Å²) in [4.78, 5) is 60.1. The van der Waals surface area contributed by atoms with Crippen molar-refractivity contribution >= 4 is 69.6 Å². The van der Waals surface area contributed by atoms with Crippen LogP contribution < -0.4 is 75.7 Å². The molecule has 10 rings (SSSR count). The number of benzene rings is 8. The summed E-state index contributed by atoms with van der Waals surface area (Å²) in [6.07, 6.45) is 30.8. The van der Waals surface area contributed by atoms with Gasteiger partial charge in [-0.3, -0.25) is 0 Å². The molecule has 8 N–H and O–H groups in total. The highest BCUT2D eigenvalue weighted by Gasteiger charge is 2.28. The Morgan fingerprint density at radius 1 is 0.355 bits per heavy atom. The number of unbranched alkanes of at least 4 members (excludes halogenated alkanes) is 15. The highest BCUT2D eigenvalue weighted by molar-refractivity contribution is 6.03. The summed E-state index contributed by atoms with van der Waals surface area (Å²) in [5.41, 5.74) is 11.8. The van der Waals surface area contributed by atoms with Gasteiger partial charge in [-0.15, -0.1) is 6.58 Å². The number of allylic oxidation sites excluding steroid dienone is 1. The monoisotopic (exact) mass is 1690 g/mol. The van der Waals surface area contributed by atoms with Crippen molar-refractivity contribution in [3.05, 3.63) is 208 Å². The lowest BCUT2D eigenvalue weighted by Gasteiger charge is -2.26. The molecule has 8 amide bonds. The van der Waals surface area contributed by atoms with Crippen LogP contribution in [-0.2, 0) is 36.5 Å². The van der Waals surface area contributed by atoms with Gasteiger partial charge in [0.1, 0.15) is 40.2 Å². The number of urea groups is 4. The van der Waals surface area contributed by atoms with Crippen molar-refractivity contribution < 1.29 is 52.3 Å². The molecule has 0 saturated heterocycles. The first-order chi connectivity index (χ1) is 60.1. The van der Waals surface area contributed by atoms with E-state index in [4.69, 9.17) is 33.2 Å². The number of amides is 8. The predicted octanol–water partition coefficient (Wildman–Crippen LogP) is 28.4. The number of rotatable bonds is 35. The molecule has 668 valence electrons. The average Bonchev–Trinajstić information content (AvgIpc) is 0.773. The molecule has 0 atom stereocenters. The number of carbonyl (C=O) groups is 4. The van der Waals surface area contributed by atoms with Crippen molar-refractivity contribution in [2.75, 3.05) is 88.8 Å². The first-order valence-corrected chi connectivity index (χ1v) is 46.6. The fourth-order valence-electron chi connectivity index (χ4n) is 15.9. The highest BCUT2D eigenvalue weighted by Crippen LogP contribution is 2.45. The molecule has 19 nitrogen and oxygen atoms in total. The lowest BCUT2D eigenvalue weighted by Crippen LogP contribution is -2.22. The van der Waals surface area contributed by atoms with E-state index in [1.54, 1.807) is 0 Å². The number of ether oxygens (including phenoxy) is 7. The maximum absolute atomic E-state index is 15.2. The van der Waals surface area contributed by atoms with E-state index in [2.05, 4.69) is 137 Å². The highest BCUT2D eigenvalue weighted by atomic mass is 16.5. The Kier molecular flexibility index (Phi) is 38.6. The standard InChI is InChI=1S/C105H142N8O11/c1-12-17-22-23-24-25-28-31-38-50-118-93-47-41-44-85(72-93)106-101(115)110-89-63-77-57-75-61-88-62-76(96(75)121-53-34-18-13-2)58-78-64-90(111-102(116)108-87-46-43-49-95(74-87)120-52-40-33-30-27-26-29-32-39-51-119-94-48-42-45-86(73-94)107-100(114)109-88)66-80(98(78)123-55-36-20-15-4)60-82-68-91(112-103(117)113-92-70-83(104(6,7)8)69-84(71-92)105(9,10)11)67-81(99(82)124-56-37-21-16-5)59-79(65-89)97(77)122-54-35-19-14-3/h12,41-49,61-74H,1,13-40,50-60H2,2-11H3,(H2,106,110,115)(H2,107,109,114)(H2,108,111,116)(H2,112,113,117). The van der Waals surface area contributed by atoms with Crippen LogP contribution in [0.4, 0.5) is 64.7 Å². The zero-order chi connectivity index (χ0) is 87.9. The van der Waals surface area contributed by atoms with E-state index in [9.17, 15) is 14.4 Å². The van der Waals surface area contributed by atoms with Gasteiger partial charge in [0.15, 0.2) is 0 Å². The van der Waals surface area contributed by atoms with Crippen molar-refractivity contribution in [1.82, 2.24) is 0 Å². The number of hydrogen-bond acceptors (Lipinski definition) is 11. The molecular weight excluding hydrogens is 1550 g/mol. The fraction of sp³-hybridized carbons (Fsp3) is 0.486. The summed E-state index contributed by atoms with van der Waals surface area (Å²) in [5, 5.41) is 25.9. The Morgan fingerprint density at radius 2 is 0.677 bits per heavy atom. The summed E-state index contributed by atoms with van der Waals surface area (Å²) in [6.45, 7) is 28.8. The molecule has 1 heterocycles. The van der Waals surface area contributed by atoms with Gasteiger partial charge in [-0.2, -0.15) is 0 Å². The van der Waals surface area contributed by atoms with Crippen molar-refractivity contribution in [3.8, 4) is 40.2 Å². The van der Waals surface area contributed by atoms with Gasteiger partial charge in [0.2, 0.25) is 0 Å². The van der Waals surface area contributed by atoms with Crippen LogP contribution in [0.1, 0.15) is 305 Å². The third-order valence-corrected chi connectivity index (χ3v) is 22.6. The zero-order valence-corrected chi connectivity index (χ0v) is 76.1. The van der Waals surface area contributed by atoms with Crippen LogP contribution in [0.3, 0.4) is 0 Å². The minimum atomic E-state index is -0.476. The molecule has 2 aliphatic rings. The van der Waals surface area contributed by atoms with E-state index < -0.39 is 24.1 Å². The van der Waals surface area contributed by atoms with Crippen LogP contribution >= 0.6 is 0 Å². The van der Waals surface area contributed by atoms with Gasteiger partial charge in [0.25, 0.3) is 0 Å². The molecule has 0 fully saturated rings. The molecule has 0 unspecified atom stereocenters. The molecule has 0 radical (unpaired) electrons. The molecule has 19 heteroatoms. The van der Waals surface area contributed by atoms with Gasteiger partial charge < -0.3 is 75.7 Å².